The average Bonchev–Trinajstić information content (AvgIpc) is 2.02. The zero-order valence-electron chi connectivity index (χ0n) is 6.73. The van der Waals surface area contributed by atoms with Gasteiger partial charge in [0.25, 0.3) is 9.70 Å². The van der Waals surface area contributed by atoms with Crippen molar-refractivity contribution in [1.29, 1.82) is 0 Å². The van der Waals surface area contributed by atoms with Gasteiger partial charge in [0.05, 0.1) is 0 Å². The maximum atomic E-state index is 11.2. The van der Waals surface area contributed by atoms with Crippen molar-refractivity contribution < 1.29 is 4.79 Å². The van der Waals surface area contributed by atoms with Gasteiger partial charge in [-0.15, -0.1) is 0 Å². The Bertz CT molecular complexity index is 347. The third-order valence-corrected chi connectivity index (χ3v) is 2.09. The van der Waals surface area contributed by atoms with Crippen LogP contribution < -0.4 is 5.32 Å². The van der Waals surface area contributed by atoms with E-state index in [1.54, 1.807) is 24.3 Å². The summed E-state index contributed by atoms with van der Waals surface area (Å²) in [4.78, 5) is 11.2. The van der Waals surface area contributed by atoms with Crippen molar-refractivity contribution in [2.45, 2.75) is 3.79 Å². The van der Waals surface area contributed by atoms with E-state index in [1.807, 2.05) is 0 Å². The summed E-state index contributed by atoms with van der Waals surface area (Å²) >= 11 is 21.8. The Morgan fingerprint density at radius 2 is 1.93 bits per heavy atom. The lowest BCUT2D eigenvalue weighted by molar-refractivity contribution is -0.115. The maximum absolute atomic E-state index is 11.2. The van der Waals surface area contributed by atoms with Crippen molar-refractivity contribution in [3.05, 3.63) is 29.3 Å². The Hall–Kier alpha value is -0.150. The summed E-state index contributed by atoms with van der Waals surface area (Å²) in [6.45, 7) is 0. The predicted molar refractivity (Wildman–Crippen MR) is 60.4 cm³/mol. The van der Waals surface area contributed by atoms with Crippen LogP contribution in [0.3, 0.4) is 0 Å². The van der Waals surface area contributed by atoms with Gasteiger partial charge in [0.1, 0.15) is 0 Å². The number of rotatable bonds is 1. The summed E-state index contributed by atoms with van der Waals surface area (Å²) in [7, 11) is 0. The van der Waals surface area contributed by atoms with Crippen LogP contribution in [0.4, 0.5) is 5.69 Å². The third kappa shape index (κ3) is 3.54. The number of nitrogens with one attached hydrogen (secondary N) is 1. The highest BCUT2D eigenvalue weighted by atomic mass is 35.6. The Morgan fingerprint density at radius 3 is 2.43 bits per heavy atom. The van der Waals surface area contributed by atoms with E-state index in [0.717, 1.165) is 0 Å². The van der Waals surface area contributed by atoms with Gasteiger partial charge in [-0.25, -0.2) is 0 Å². The van der Waals surface area contributed by atoms with Gasteiger partial charge in [0.2, 0.25) is 0 Å². The molecule has 1 amide bonds. The molecule has 6 heteroatoms. The molecule has 1 N–H and O–H groups in total. The molecule has 0 aliphatic heterocycles. The molecule has 0 saturated carbocycles. The van der Waals surface area contributed by atoms with Crippen LogP contribution in [0.2, 0.25) is 5.02 Å². The summed E-state index contributed by atoms with van der Waals surface area (Å²) in [5.74, 6) is -0.718. The molecule has 1 aromatic carbocycles. The molecule has 0 radical (unpaired) electrons. The Morgan fingerprint density at radius 1 is 1.29 bits per heavy atom. The van der Waals surface area contributed by atoms with Crippen molar-refractivity contribution in [3.8, 4) is 0 Å². The van der Waals surface area contributed by atoms with Gasteiger partial charge in [0, 0.05) is 10.7 Å². The van der Waals surface area contributed by atoms with E-state index in [9.17, 15) is 4.79 Å². The van der Waals surface area contributed by atoms with E-state index in [-0.39, 0.29) is 0 Å². The monoisotopic (exact) mass is 271 g/mol. The zero-order chi connectivity index (χ0) is 10.8. The lowest BCUT2D eigenvalue weighted by Crippen LogP contribution is -2.26. The van der Waals surface area contributed by atoms with Crippen molar-refractivity contribution in [1.82, 2.24) is 0 Å². The standard InChI is InChI=1S/C8H5Cl4NO/c9-5-2-1-3-6(4-5)13-7(14)8(10,11)12/h1-4H,(H,13,14). The van der Waals surface area contributed by atoms with Crippen molar-refractivity contribution in [3.63, 3.8) is 0 Å². The molecule has 0 aliphatic rings. The number of benzene rings is 1. The molecule has 1 rings (SSSR count). The van der Waals surface area contributed by atoms with E-state index in [4.69, 9.17) is 46.4 Å². The fraction of sp³-hybridized carbons (Fsp3) is 0.125. The number of alkyl halides is 3. The Kier molecular flexibility index (Phi) is 3.90. The molecular formula is C8H5Cl4NO. The largest absolute Gasteiger partial charge is 0.322 e. The van der Waals surface area contributed by atoms with Crippen LogP contribution in [0.1, 0.15) is 0 Å². The van der Waals surface area contributed by atoms with Crippen LogP contribution >= 0.6 is 46.4 Å². The number of carbonyl (C=O) groups excluding carboxylic acids is 1. The first-order chi connectivity index (χ1) is 6.39. The van der Waals surface area contributed by atoms with E-state index in [0.29, 0.717) is 10.7 Å². The highest BCUT2D eigenvalue weighted by Crippen LogP contribution is 2.28. The molecule has 76 valence electrons. The Labute approximate surface area is 101 Å². The third-order valence-electron chi connectivity index (χ3n) is 1.34. The minimum atomic E-state index is -1.97. The van der Waals surface area contributed by atoms with Gasteiger partial charge in [0.15, 0.2) is 0 Å². The van der Waals surface area contributed by atoms with Crippen molar-refractivity contribution >= 4 is 58.0 Å². The predicted octanol–water partition coefficient (Wildman–Crippen LogP) is 3.65. The average molecular weight is 273 g/mol. The molecule has 0 saturated heterocycles. The minimum absolute atomic E-state index is 0.480. The first-order valence-electron chi connectivity index (χ1n) is 3.53. The van der Waals surface area contributed by atoms with Crippen LogP contribution in [-0.2, 0) is 4.79 Å². The number of anilines is 1. The minimum Gasteiger partial charge on any atom is -0.322 e. The van der Waals surface area contributed by atoms with E-state index >= 15 is 0 Å². The van der Waals surface area contributed by atoms with Gasteiger partial charge < -0.3 is 5.32 Å². The molecule has 0 aliphatic carbocycles. The van der Waals surface area contributed by atoms with E-state index in [2.05, 4.69) is 5.32 Å². The number of hydrogen-bond acceptors (Lipinski definition) is 1. The summed E-state index contributed by atoms with van der Waals surface area (Å²) in [5, 5.41) is 2.90. The lowest BCUT2D eigenvalue weighted by Gasteiger charge is -2.11. The number of carbonyl (C=O) groups is 1. The molecule has 0 bridgehead atoms. The summed E-state index contributed by atoms with van der Waals surface area (Å²) < 4.78 is -1.97. The number of amides is 1. The second kappa shape index (κ2) is 4.58. The molecule has 0 unspecified atom stereocenters. The first kappa shape index (κ1) is 11.9. The highest BCUT2D eigenvalue weighted by Gasteiger charge is 2.30. The number of hydrogen-bond donors (Lipinski definition) is 1. The zero-order valence-corrected chi connectivity index (χ0v) is 9.75. The molecule has 0 atom stereocenters. The quantitative estimate of drug-likeness (QED) is 0.777. The van der Waals surface area contributed by atoms with Gasteiger partial charge in [-0.3, -0.25) is 4.79 Å². The molecule has 0 spiro atoms. The molecule has 2 nitrogen and oxygen atoms in total. The van der Waals surface area contributed by atoms with Crippen LogP contribution in [0, 0.1) is 0 Å². The molecule has 0 aromatic heterocycles. The van der Waals surface area contributed by atoms with Crippen LogP contribution in [0.15, 0.2) is 24.3 Å². The van der Waals surface area contributed by atoms with E-state index < -0.39 is 9.70 Å². The van der Waals surface area contributed by atoms with Crippen LogP contribution in [0.5, 0.6) is 0 Å². The Balaban J connectivity index is 2.75. The van der Waals surface area contributed by atoms with Crippen molar-refractivity contribution in [2.24, 2.45) is 0 Å². The SMILES string of the molecule is O=C(Nc1cccc(Cl)c1)C(Cl)(Cl)Cl. The second-order valence-corrected chi connectivity index (χ2v) is 5.18. The van der Waals surface area contributed by atoms with E-state index in [1.165, 1.54) is 0 Å². The molecule has 0 fully saturated rings. The van der Waals surface area contributed by atoms with Crippen LogP contribution in [0.25, 0.3) is 0 Å². The van der Waals surface area contributed by atoms with Crippen LogP contribution in [-0.4, -0.2) is 9.70 Å². The summed E-state index contributed by atoms with van der Waals surface area (Å²) in [6, 6.07) is 6.54. The molecule has 1 aromatic rings. The number of halogens is 4. The normalized spacial score (nSPS) is 11.1. The maximum Gasteiger partial charge on any atom is 0.276 e. The first-order valence-corrected chi connectivity index (χ1v) is 5.04. The van der Waals surface area contributed by atoms with Gasteiger partial charge in [-0.1, -0.05) is 52.5 Å². The molecule has 14 heavy (non-hydrogen) atoms. The van der Waals surface area contributed by atoms with Gasteiger partial charge in [-0.05, 0) is 18.2 Å². The molecule has 0 heterocycles. The van der Waals surface area contributed by atoms with Gasteiger partial charge in [-0.2, -0.15) is 0 Å². The fourth-order valence-electron chi connectivity index (χ4n) is 0.768. The molecular weight excluding hydrogens is 268 g/mol. The van der Waals surface area contributed by atoms with Gasteiger partial charge >= 0.3 is 0 Å². The summed E-state index contributed by atoms with van der Waals surface area (Å²) in [5.41, 5.74) is 0.480. The fourth-order valence-corrected chi connectivity index (χ4v) is 1.10. The topological polar surface area (TPSA) is 29.1 Å². The summed E-state index contributed by atoms with van der Waals surface area (Å²) in [6.07, 6.45) is 0. The second-order valence-electron chi connectivity index (χ2n) is 2.46. The smallest absolute Gasteiger partial charge is 0.276 e. The lowest BCUT2D eigenvalue weighted by atomic mass is 10.3. The van der Waals surface area contributed by atoms with Crippen molar-refractivity contribution in [2.75, 3.05) is 5.32 Å². The highest BCUT2D eigenvalue weighted by molar-refractivity contribution is 6.76.